The Morgan fingerprint density at radius 2 is 1.75 bits per heavy atom. The Hall–Kier alpha value is -2.08. The Labute approximate surface area is 142 Å². The maximum atomic E-state index is 12.6. The number of piperazine rings is 1. The van der Waals surface area contributed by atoms with Gasteiger partial charge in [-0.1, -0.05) is 6.07 Å². The van der Waals surface area contributed by atoms with Crippen LogP contribution in [-0.2, 0) is 4.79 Å². The van der Waals surface area contributed by atoms with Crippen LogP contribution in [0.25, 0.3) is 0 Å². The molecule has 0 saturated carbocycles. The van der Waals surface area contributed by atoms with E-state index in [0.29, 0.717) is 37.5 Å². The molecule has 0 spiro atoms. The number of amides is 2. The van der Waals surface area contributed by atoms with Gasteiger partial charge in [0.2, 0.25) is 5.91 Å². The van der Waals surface area contributed by atoms with Gasteiger partial charge in [0.05, 0.1) is 7.11 Å². The molecule has 24 heavy (non-hydrogen) atoms. The molecule has 0 aromatic heterocycles. The summed E-state index contributed by atoms with van der Waals surface area (Å²) >= 11 is 0. The zero-order valence-electron chi connectivity index (χ0n) is 14.2. The summed E-state index contributed by atoms with van der Waals surface area (Å²) < 4.78 is 5.18. The lowest BCUT2D eigenvalue weighted by molar-refractivity contribution is -0.137. The van der Waals surface area contributed by atoms with Crippen molar-refractivity contribution in [3.05, 3.63) is 29.8 Å². The summed E-state index contributed by atoms with van der Waals surface area (Å²) in [5.74, 6) is 1.08. The minimum Gasteiger partial charge on any atom is -0.497 e. The van der Waals surface area contributed by atoms with Gasteiger partial charge in [0.1, 0.15) is 5.75 Å². The maximum Gasteiger partial charge on any atom is 0.254 e. The molecule has 2 heterocycles. The predicted molar refractivity (Wildman–Crippen MR) is 91.1 cm³/mol. The summed E-state index contributed by atoms with van der Waals surface area (Å²) in [6.07, 6.45) is 1.84. The van der Waals surface area contributed by atoms with E-state index in [4.69, 9.17) is 4.74 Å². The van der Waals surface area contributed by atoms with Crippen LogP contribution in [-0.4, -0.2) is 68.0 Å². The zero-order chi connectivity index (χ0) is 16.9. The number of rotatable bonds is 3. The molecule has 2 fully saturated rings. The minimum atomic E-state index is 0.00265. The van der Waals surface area contributed by atoms with Gasteiger partial charge in [-0.05, 0) is 44.1 Å². The maximum absolute atomic E-state index is 12.6. The van der Waals surface area contributed by atoms with Crippen molar-refractivity contribution in [1.29, 1.82) is 0 Å². The van der Waals surface area contributed by atoms with Gasteiger partial charge in [0, 0.05) is 37.7 Å². The molecule has 0 bridgehead atoms. The number of piperidine rings is 1. The number of nitrogens with zero attached hydrogens (tertiary/aromatic N) is 2. The van der Waals surface area contributed by atoms with Gasteiger partial charge in [-0.25, -0.2) is 0 Å². The molecule has 1 N–H and O–H groups in total. The topological polar surface area (TPSA) is 61.9 Å². The second-order valence-corrected chi connectivity index (χ2v) is 6.37. The minimum absolute atomic E-state index is 0.00265. The first-order valence-electron chi connectivity index (χ1n) is 8.62. The number of benzene rings is 1. The average Bonchev–Trinajstić information content (AvgIpc) is 2.67. The molecular weight excluding hydrogens is 306 g/mol. The molecule has 0 aliphatic carbocycles. The summed E-state index contributed by atoms with van der Waals surface area (Å²) in [5, 5.41) is 3.29. The highest BCUT2D eigenvalue weighted by Crippen LogP contribution is 2.18. The van der Waals surface area contributed by atoms with E-state index in [1.807, 2.05) is 21.9 Å². The molecule has 6 heteroatoms. The number of ether oxygens (including phenoxy) is 1. The van der Waals surface area contributed by atoms with Gasteiger partial charge in [-0.2, -0.15) is 0 Å². The fourth-order valence-electron chi connectivity index (χ4n) is 3.40. The second kappa shape index (κ2) is 7.66. The van der Waals surface area contributed by atoms with Gasteiger partial charge in [0.25, 0.3) is 5.91 Å². The Bertz CT molecular complexity index is 591. The normalized spacial score (nSPS) is 19.2. The fraction of sp³-hybridized carbons (Fsp3) is 0.556. The van der Waals surface area contributed by atoms with Crippen LogP contribution < -0.4 is 10.1 Å². The van der Waals surface area contributed by atoms with Crippen molar-refractivity contribution >= 4 is 11.8 Å². The first kappa shape index (κ1) is 16.8. The molecule has 3 rings (SSSR count). The highest BCUT2D eigenvalue weighted by molar-refractivity contribution is 5.94. The second-order valence-electron chi connectivity index (χ2n) is 6.37. The highest BCUT2D eigenvalue weighted by atomic mass is 16.5. The van der Waals surface area contributed by atoms with E-state index in [-0.39, 0.29) is 17.7 Å². The first-order valence-corrected chi connectivity index (χ1v) is 8.62. The van der Waals surface area contributed by atoms with E-state index in [1.54, 1.807) is 19.2 Å². The molecule has 0 radical (unpaired) electrons. The van der Waals surface area contributed by atoms with Gasteiger partial charge in [-0.15, -0.1) is 0 Å². The summed E-state index contributed by atoms with van der Waals surface area (Å²) in [7, 11) is 1.59. The van der Waals surface area contributed by atoms with Crippen molar-refractivity contribution in [1.82, 2.24) is 15.1 Å². The third-order valence-electron chi connectivity index (χ3n) is 4.88. The third-order valence-corrected chi connectivity index (χ3v) is 4.88. The number of methoxy groups -OCH3 is 1. The lowest BCUT2D eigenvalue weighted by Crippen LogP contribution is -2.52. The monoisotopic (exact) mass is 331 g/mol. The first-order chi connectivity index (χ1) is 11.7. The number of carbonyl (C=O) groups is 2. The molecular formula is C18H25N3O3. The van der Waals surface area contributed by atoms with Crippen molar-refractivity contribution in [3.63, 3.8) is 0 Å². The molecule has 0 atom stereocenters. The van der Waals surface area contributed by atoms with Crippen LogP contribution in [0.3, 0.4) is 0 Å². The van der Waals surface area contributed by atoms with Gasteiger partial charge < -0.3 is 19.9 Å². The Balaban J connectivity index is 1.56. The summed E-state index contributed by atoms with van der Waals surface area (Å²) in [4.78, 5) is 28.9. The molecule has 1 aromatic carbocycles. The lowest BCUT2D eigenvalue weighted by Gasteiger charge is -2.37. The molecule has 130 valence electrons. The van der Waals surface area contributed by atoms with Crippen LogP contribution >= 0.6 is 0 Å². The standard InChI is InChI=1S/C18H25N3O3/c1-24-16-4-2-3-15(13-16)18(23)21-11-9-20(10-12-21)17(22)14-5-7-19-8-6-14/h2-4,13-14,19H,5-12H2,1H3. The molecule has 2 aliphatic rings. The molecule has 1 aromatic rings. The average molecular weight is 331 g/mol. The molecule has 2 amide bonds. The van der Waals surface area contributed by atoms with E-state index in [1.165, 1.54) is 0 Å². The third kappa shape index (κ3) is 3.70. The van der Waals surface area contributed by atoms with E-state index >= 15 is 0 Å². The van der Waals surface area contributed by atoms with Gasteiger partial charge >= 0.3 is 0 Å². The quantitative estimate of drug-likeness (QED) is 0.897. The summed E-state index contributed by atoms with van der Waals surface area (Å²) in [6, 6.07) is 7.21. The van der Waals surface area contributed by atoms with Gasteiger partial charge in [0.15, 0.2) is 0 Å². The number of hydrogen-bond donors (Lipinski definition) is 1. The van der Waals surface area contributed by atoms with Crippen LogP contribution in [0, 0.1) is 5.92 Å². The fourth-order valence-corrected chi connectivity index (χ4v) is 3.40. The van der Waals surface area contributed by atoms with E-state index < -0.39 is 0 Å². The van der Waals surface area contributed by atoms with E-state index in [9.17, 15) is 9.59 Å². The molecule has 0 unspecified atom stereocenters. The van der Waals surface area contributed by atoms with Crippen LogP contribution in [0.1, 0.15) is 23.2 Å². The Kier molecular flexibility index (Phi) is 5.35. The van der Waals surface area contributed by atoms with E-state index in [0.717, 1.165) is 25.9 Å². The molecule has 2 aliphatic heterocycles. The lowest BCUT2D eigenvalue weighted by atomic mass is 9.96. The predicted octanol–water partition coefficient (Wildman–Crippen LogP) is 0.979. The number of hydrogen-bond acceptors (Lipinski definition) is 4. The van der Waals surface area contributed by atoms with Crippen molar-refractivity contribution in [2.75, 3.05) is 46.4 Å². The largest absolute Gasteiger partial charge is 0.497 e. The van der Waals surface area contributed by atoms with Crippen molar-refractivity contribution in [3.8, 4) is 5.75 Å². The number of nitrogens with one attached hydrogen (secondary N) is 1. The van der Waals surface area contributed by atoms with Crippen molar-refractivity contribution < 1.29 is 14.3 Å². The molecule has 6 nitrogen and oxygen atoms in total. The smallest absolute Gasteiger partial charge is 0.254 e. The van der Waals surface area contributed by atoms with Crippen molar-refractivity contribution in [2.24, 2.45) is 5.92 Å². The zero-order valence-corrected chi connectivity index (χ0v) is 14.2. The van der Waals surface area contributed by atoms with Crippen molar-refractivity contribution in [2.45, 2.75) is 12.8 Å². The SMILES string of the molecule is COc1cccc(C(=O)N2CCN(C(=O)C3CCNCC3)CC2)c1. The van der Waals surface area contributed by atoms with Crippen LogP contribution in [0.15, 0.2) is 24.3 Å². The summed E-state index contributed by atoms with van der Waals surface area (Å²) in [6.45, 7) is 4.27. The van der Waals surface area contributed by atoms with Crippen LogP contribution in [0.2, 0.25) is 0 Å². The van der Waals surface area contributed by atoms with Crippen LogP contribution in [0.4, 0.5) is 0 Å². The number of carbonyl (C=O) groups excluding carboxylic acids is 2. The Morgan fingerprint density at radius 3 is 2.42 bits per heavy atom. The summed E-state index contributed by atoms with van der Waals surface area (Å²) in [5.41, 5.74) is 0.632. The van der Waals surface area contributed by atoms with Gasteiger partial charge in [-0.3, -0.25) is 9.59 Å². The molecule has 2 saturated heterocycles. The Morgan fingerprint density at radius 1 is 1.08 bits per heavy atom. The van der Waals surface area contributed by atoms with E-state index in [2.05, 4.69) is 5.32 Å². The van der Waals surface area contributed by atoms with Crippen LogP contribution in [0.5, 0.6) is 5.75 Å². The highest BCUT2D eigenvalue weighted by Gasteiger charge is 2.29.